The molecule has 0 saturated carbocycles. The van der Waals surface area contributed by atoms with Crippen molar-refractivity contribution < 1.29 is 32.6 Å². The number of halogens is 2. The zero-order chi connectivity index (χ0) is 29.1. The third-order valence-corrected chi connectivity index (χ3v) is 8.82. The number of cyclic esters (lactones) is 1. The van der Waals surface area contributed by atoms with E-state index in [0.717, 1.165) is 68.8 Å². The number of benzene rings is 2. The summed E-state index contributed by atoms with van der Waals surface area (Å²) in [5.74, 6) is -2.07. The highest BCUT2D eigenvalue weighted by atomic mass is 19.2. The van der Waals surface area contributed by atoms with Crippen LogP contribution in [-0.2, 0) is 14.2 Å². The van der Waals surface area contributed by atoms with Gasteiger partial charge in [0.25, 0.3) is 0 Å². The number of anilines is 1. The van der Waals surface area contributed by atoms with Gasteiger partial charge >= 0.3 is 12.1 Å². The van der Waals surface area contributed by atoms with E-state index in [4.69, 9.17) is 14.2 Å². The first-order chi connectivity index (χ1) is 20.5. The minimum absolute atomic E-state index is 0.0390. The average molecular weight is 585 g/mol. The Bertz CT molecular complexity index is 1240. The zero-order valence-corrected chi connectivity index (χ0v) is 23.6. The van der Waals surface area contributed by atoms with Crippen molar-refractivity contribution in [1.29, 1.82) is 0 Å². The highest BCUT2D eigenvalue weighted by molar-refractivity contribution is 5.93. The molecule has 4 atom stereocenters. The van der Waals surface area contributed by atoms with Crippen LogP contribution in [0.1, 0.15) is 50.1 Å². The van der Waals surface area contributed by atoms with E-state index in [9.17, 15) is 18.4 Å². The van der Waals surface area contributed by atoms with Gasteiger partial charge in [-0.05, 0) is 68.4 Å². The van der Waals surface area contributed by atoms with E-state index in [2.05, 4.69) is 39.4 Å². The summed E-state index contributed by atoms with van der Waals surface area (Å²) in [4.78, 5) is 32.4. The third-order valence-electron chi connectivity index (χ3n) is 8.82. The zero-order valence-electron chi connectivity index (χ0n) is 23.6. The molecule has 4 heterocycles. The molecule has 4 saturated heterocycles. The summed E-state index contributed by atoms with van der Waals surface area (Å²) in [5.41, 5.74) is 1.50. The van der Waals surface area contributed by atoms with E-state index in [1.165, 1.54) is 11.8 Å². The van der Waals surface area contributed by atoms with E-state index in [0.29, 0.717) is 25.6 Å². The van der Waals surface area contributed by atoms with Crippen LogP contribution in [0.25, 0.3) is 0 Å². The molecule has 11 heteroatoms. The van der Waals surface area contributed by atoms with Crippen LogP contribution in [0.3, 0.4) is 0 Å². The number of likely N-dealkylation sites (tertiary alicyclic amines) is 1. The van der Waals surface area contributed by atoms with Gasteiger partial charge in [0, 0.05) is 50.6 Å². The van der Waals surface area contributed by atoms with Gasteiger partial charge in [-0.15, -0.1) is 0 Å². The Labute approximate surface area is 244 Å². The van der Waals surface area contributed by atoms with Crippen LogP contribution in [0.4, 0.5) is 24.1 Å². The lowest BCUT2D eigenvalue weighted by Crippen LogP contribution is -2.49. The van der Waals surface area contributed by atoms with Crippen molar-refractivity contribution >= 4 is 17.8 Å². The second kappa shape index (κ2) is 12.9. The summed E-state index contributed by atoms with van der Waals surface area (Å²) in [6.45, 7) is 4.05. The number of ether oxygens (including phenoxy) is 3. The van der Waals surface area contributed by atoms with Crippen molar-refractivity contribution in [3.8, 4) is 0 Å². The molecule has 4 aliphatic rings. The SMILES string of the molecule is O=C(NC1CCN(C2CCN(c3ccccc3)CC2)C1)N1C(=O)OC(COC2CCCCO2)C1c1ccc(F)c(F)c1. The normalized spacial score (nSPS) is 27.3. The Morgan fingerprint density at radius 1 is 0.976 bits per heavy atom. The molecule has 42 heavy (non-hydrogen) atoms. The molecule has 0 radical (unpaired) electrons. The van der Waals surface area contributed by atoms with Crippen LogP contribution in [-0.4, -0.2) is 85.8 Å². The summed E-state index contributed by atoms with van der Waals surface area (Å²) in [6.07, 6.45) is 3.29. The van der Waals surface area contributed by atoms with E-state index in [1.807, 2.05) is 6.07 Å². The van der Waals surface area contributed by atoms with Crippen molar-refractivity contribution in [2.45, 2.75) is 69.0 Å². The fourth-order valence-electron chi connectivity index (χ4n) is 6.58. The standard InChI is InChI=1S/C31H38F2N4O5/c32-25-10-9-21(18-26(25)33)29-27(20-41-28-8-4-5-17-40-28)42-31(39)37(29)30(38)34-22-11-14-36(19-22)24-12-15-35(16-13-24)23-6-2-1-3-7-23/h1-3,6-7,9-10,18,22,24,27-29H,4-5,8,11-17,19-20H2,(H,34,38). The number of hydrogen-bond donors (Lipinski definition) is 1. The van der Waals surface area contributed by atoms with Crippen molar-refractivity contribution in [1.82, 2.24) is 15.1 Å². The first-order valence-electron chi connectivity index (χ1n) is 15.0. The minimum atomic E-state index is -1.06. The van der Waals surface area contributed by atoms with Crippen LogP contribution < -0.4 is 10.2 Å². The van der Waals surface area contributed by atoms with Crippen molar-refractivity contribution in [2.24, 2.45) is 0 Å². The van der Waals surface area contributed by atoms with Crippen LogP contribution in [0.15, 0.2) is 48.5 Å². The molecule has 226 valence electrons. The smallest absolute Gasteiger partial charge is 0.419 e. The van der Waals surface area contributed by atoms with Crippen molar-refractivity contribution in [2.75, 3.05) is 44.3 Å². The Morgan fingerprint density at radius 2 is 1.79 bits per heavy atom. The minimum Gasteiger partial charge on any atom is -0.441 e. The predicted molar refractivity (Wildman–Crippen MR) is 151 cm³/mol. The van der Waals surface area contributed by atoms with Gasteiger partial charge in [0.15, 0.2) is 24.0 Å². The van der Waals surface area contributed by atoms with E-state index in [-0.39, 0.29) is 18.2 Å². The summed E-state index contributed by atoms with van der Waals surface area (Å²) >= 11 is 0. The molecule has 0 aliphatic carbocycles. The summed E-state index contributed by atoms with van der Waals surface area (Å²) in [6, 6.07) is 12.5. The van der Waals surface area contributed by atoms with Gasteiger partial charge in [0.2, 0.25) is 0 Å². The molecule has 0 spiro atoms. The Hall–Kier alpha value is -3.28. The lowest BCUT2D eigenvalue weighted by Gasteiger charge is -2.38. The molecule has 1 N–H and O–H groups in total. The van der Waals surface area contributed by atoms with Gasteiger partial charge < -0.3 is 24.4 Å². The van der Waals surface area contributed by atoms with Crippen molar-refractivity contribution in [3.63, 3.8) is 0 Å². The quantitative estimate of drug-likeness (QED) is 0.500. The fraction of sp³-hybridized carbons (Fsp3) is 0.548. The number of carbonyl (C=O) groups excluding carboxylic acids is 2. The second-order valence-corrected chi connectivity index (χ2v) is 11.5. The molecular weight excluding hydrogens is 546 g/mol. The highest BCUT2D eigenvalue weighted by Gasteiger charge is 2.48. The largest absolute Gasteiger partial charge is 0.441 e. The number of para-hydroxylation sites is 1. The third kappa shape index (κ3) is 6.38. The van der Waals surface area contributed by atoms with Gasteiger partial charge in [-0.1, -0.05) is 24.3 Å². The van der Waals surface area contributed by atoms with Gasteiger partial charge in [-0.2, -0.15) is 0 Å². The van der Waals surface area contributed by atoms with Crippen molar-refractivity contribution in [3.05, 3.63) is 65.7 Å². The second-order valence-electron chi connectivity index (χ2n) is 11.5. The number of nitrogens with one attached hydrogen (secondary N) is 1. The lowest BCUT2D eigenvalue weighted by molar-refractivity contribution is -0.174. The number of nitrogens with zero attached hydrogens (tertiary/aromatic N) is 3. The average Bonchev–Trinajstić information content (AvgIpc) is 3.62. The molecule has 9 nitrogen and oxygen atoms in total. The van der Waals surface area contributed by atoms with Crippen LogP contribution in [0.2, 0.25) is 0 Å². The number of amides is 3. The maximum Gasteiger partial charge on any atom is 0.419 e. The van der Waals surface area contributed by atoms with Gasteiger partial charge in [-0.3, -0.25) is 4.90 Å². The first kappa shape index (κ1) is 28.8. The Morgan fingerprint density at radius 3 is 2.52 bits per heavy atom. The summed E-state index contributed by atoms with van der Waals surface area (Å²) in [7, 11) is 0. The van der Waals surface area contributed by atoms with Crippen LogP contribution in [0.5, 0.6) is 0 Å². The Balaban J connectivity index is 1.08. The molecule has 2 aromatic carbocycles. The molecule has 2 aromatic rings. The summed E-state index contributed by atoms with van der Waals surface area (Å²) in [5, 5.41) is 3.01. The van der Waals surface area contributed by atoms with Gasteiger partial charge in [0.1, 0.15) is 6.04 Å². The first-order valence-corrected chi connectivity index (χ1v) is 15.0. The molecule has 3 amide bonds. The number of rotatable bonds is 7. The van der Waals surface area contributed by atoms with Crippen LogP contribution >= 0.6 is 0 Å². The molecule has 4 fully saturated rings. The molecule has 6 rings (SSSR count). The number of imide groups is 1. The topological polar surface area (TPSA) is 83.6 Å². The molecule has 0 aromatic heterocycles. The lowest BCUT2D eigenvalue weighted by atomic mass is 10.0. The summed E-state index contributed by atoms with van der Waals surface area (Å²) < 4.78 is 45.1. The molecular formula is C31H38F2N4O5. The van der Waals surface area contributed by atoms with E-state index in [1.54, 1.807) is 0 Å². The number of piperidine rings is 1. The van der Waals surface area contributed by atoms with Gasteiger partial charge in [-0.25, -0.2) is 23.3 Å². The Kier molecular flexibility index (Phi) is 8.87. The molecule has 4 unspecified atom stereocenters. The van der Waals surface area contributed by atoms with E-state index < -0.39 is 42.2 Å². The number of carbonyl (C=O) groups is 2. The molecule has 4 aliphatic heterocycles. The van der Waals surface area contributed by atoms with Crippen LogP contribution in [0, 0.1) is 11.6 Å². The maximum absolute atomic E-state index is 14.3. The number of urea groups is 1. The highest BCUT2D eigenvalue weighted by Crippen LogP contribution is 2.35. The number of hydrogen-bond acceptors (Lipinski definition) is 7. The van der Waals surface area contributed by atoms with E-state index >= 15 is 0 Å². The maximum atomic E-state index is 14.3. The fourth-order valence-corrected chi connectivity index (χ4v) is 6.58. The van der Waals surface area contributed by atoms with Gasteiger partial charge in [0.05, 0.1) is 6.61 Å². The predicted octanol–water partition coefficient (Wildman–Crippen LogP) is 4.82. The monoisotopic (exact) mass is 584 g/mol. The molecule has 0 bridgehead atoms.